The third kappa shape index (κ3) is 7.35. The van der Waals surface area contributed by atoms with E-state index >= 15 is 0 Å². The van der Waals surface area contributed by atoms with E-state index in [4.69, 9.17) is 23.7 Å². The Bertz CT molecular complexity index is 1330. The highest BCUT2D eigenvalue weighted by Crippen LogP contribution is 2.31. The fourth-order valence-corrected chi connectivity index (χ4v) is 5.20. The summed E-state index contributed by atoms with van der Waals surface area (Å²) in [6.07, 6.45) is -6.61. The van der Waals surface area contributed by atoms with Gasteiger partial charge in [0.25, 0.3) is 5.16 Å². The van der Waals surface area contributed by atoms with Gasteiger partial charge in [-0.15, -0.1) is 0 Å². The lowest BCUT2D eigenvalue weighted by molar-refractivity contribution is -0.254. The van der Waals surface area contributed by atoms with E-state index in [1.54, 1.807) is 19.1 Å². The number of aryl methyl sites for hydroxylation is 1. The third-order valence-electron chi connectivity index (χ3n) is 5.51. The van der Waals surface area contributed by atoms with Gasteiger partial charge in [0, 0.05) is 27.7 Å². The van der Waals surface area contributed by atoms with Crippen molar-refractivity contribution in [1.29, 1.82) is 0 Å². The molecule has 0 N–H and O–H groups in total. The molecule has 0 aliphatic carbocycles. The number of rotatable bonds is 9. The van der Waals surface area contributed by atoms with Gasteiger partial charge in [0.2, 0.25) is 9.84 Å². The van der Waals surface area contributed by atoms with Crippen molar-refractivity contribution in [1.82, 2.24) is 20.2 Å². The van der Waals surface area contributed by atoms with Crippen LogP contribution in [0.15, 0.2) is 34.3 Å². The Morgan fingerprint density at radius 3 is 1.92 bits per heavy atom. The normalized spacial score (nSPS) is 22.9. The molecule has 1 fully saturated rings. The summed E-state index contributed by atoms with van der Waals surface area (Å²) in [4.78, 5) is 47.3. The molecule has 16 heteroatoms. The molecule has 0 radical (unpaired) electrons. The van der Waals surface area contributed by atoms with Crippen molar-refractivity contribution < 1.29 is 51.3 Å². The van der Waals surface area contributed by atoms with E-state index in [9.17, 15) is 27.6 Å². The van der Waals surface area contributed by atoms with Gasteiger partial charge < -0.3 is 23.7 Å². The maximum absolute atomic E-state index is 13.3. The second-order valence-corrected chi connectivity index (χ2v) is 10.5. The Balaban J connectivity index is 2.04. The number of esters is 4. The summed E-state index contributed by atoms with van der Waals surface area (Å²) in [7, 11) is -4.19. The van der Waals surface area contributed by atoms with Gasteiger partial charge in [-0.05, 0) is 29.5 Å². The van der Waals surface area contributed by atoms with Crippen LogP contribution < -0.4 is 0 Å². The number of hydrogen-bond acceptors (Lipinski definition) is 14. The van der Waals surface area contributed by atoms with Crippen molar-refractivity contribution in [3.05, 3.63) is 29.8 Å². The van der Waals surface area contributed by atoms with Gasteiger partial charge in [-0.2, -0.15) is 0 Å². The highest BCUT2D eigenvalue weighted by molar-refractivity contribution is 7.91. The second-order valence-electron chi connectivity index (χ2n) is 8.70. The van der Waals surface area contributed by atoms with Gasteiger partial charge in [0.1, 0.15) is 18.8 Å². The van der Waals surface area contributed by atoms with E-state index < -0.39 is 82.5 Å². The number of sulfone groups is 1. The Morgan fingerprint density at radius 2 is 1.38 bits per heavy atom. The SMILES string of the molecule is CC(=O)OCC1O[C@@H](Cn2nnnc2S(=O)(=O)c2ccc(C)cc2)C(OC(C)=O)C(OC(C)=O)[C@H]1OC(C)=O. The van der Waals surface area contributed by atoms with E-state index in [2.05, 4.69) is 15.5 Å². The molecule has 1 aromatic heterocycles. The molecule has 1 aromatic carbocycles. The number of carbonyl (C=O) groups is 4. The highest BCUT2D eigenvalue weighted by atomic mass is 32.2. The van der Waals surface area contributed by atoms with E-state index in [0.717, 1.165) is 37.9 Å². The smallest absolute Gasteiger partial charge is 0.303 e. The van der Waals surface area contributed by atoms with Gasteiger partial charge in [-0.25, -0.2) is 13.1 Å². The monoisotopic (exact) mass is 568 g/mol. The fourth-order valence-electron chi connectivity index (χ4n) is 3.96. The highest BCUT2D eigenvalue weighted by Gasteiger charge is 2.52. The van der Waals surface area contributed by atoms with Crippen LogP contribution in [0.5, 0.6) is 0 Å². The van der Waals surface area contributed by atoms with E-state index in [0.29, 0.717) is 0 Å². The topological polar surface area (TPSA) is 192 Å². The number of tetrazole rings is 1. The first-order chi connectivity index (χ1) is 18.3. The molecule has 2 aromatic rings. The summed E-state index contributed by atoms with van der Waals surface area (Å²) in [6.45, 7) is 5.39. The first kappa shape index (κ1) is 29.6. The molecular weight excluding hydrogens is 540 g/mol. The van der Waals surface area contributed by atoms with E-state index in [1.165, 1.54) is 12.1 Å². The average Bonchev–Trinajstić information content (AvgIpc) is 3.30. The minimum atomic E-state index is -4.19. The Hall–Kier alpha value is -3.92. The average molecular weight is 569 g/mol. The van der Waals surface area contributed by atoms with Crippen LogP contribution >= 0.6 is 0 Å². The molecule has 0 amide bonds. The molecule has 1 saturated heterocycles. The van der Waals surface area contributed by atoms with Gasteiger partial charge in [-0.1, -0.05) is 22.8 Å². The number of aromatic nitrogens is 4. The van der Waals surface area contributed by atoms with Crippen molar-refractivity contribution in [3.63, 3.8) is 0 Å². The minimum absolute atomic E-state index is 0.0642. The molecule has 3 unspecified atom stereocenters. The van der Waals surface area contributed by atoms with Gasteiger partial charge in [0.15, 0.2) is 18.3 Å². The minimum Gasteiger partial charge on any atom is -0.463 e. The molecule has 212 valence electrons. The summed E-state index contributed by atoms with van der Waals surface area (Å²) in [6, 6.07) is 6.02. The molecule has 15 nitrogen and oxygen atoms in total. The molecule has 0 saturated carbocycles. The first-order valence-electron chi connectivity index (χ1n) is 11.7. The lowest BCUT2D eigenvalue weighted by atomic mass is 9.94. The fraction of sp³-hybridized carbons (Fsp3) is 0.522. The Kier molecular flexibility index (Phi) is 9.34. The van der Waals surface area contributed by atoms with Gasteiger partial charge >= 0.3 is 23.9 Å². The summed E-state index contributed by atoms with van der Waals surface area (Å²) in [5.41, 5.74) is 0.839. The largest absolute Gasteiger partial charge is 0.463 e. The second kappa shape index (κ2) is 12.3. The van der Waals surface area contributed by atoms with Crippen molar-refractivity contribution >= 4 is 33.7 Å². The maximum atomic E-state index is 13.3. The lowest BCUT2D eigenvalue weighted by Crippen LogP contribution is -2.63. The van der Waals surface area contributed by atoms with Crippen LogP contribution in [-0.4, -0.2) is 89.6 Å². The molecule has 0 bridgehead atoms. The molecule has 39 heavy (non-hydrogen) atoms. The third-order valence-corrected chi connectivity index (χ3v) is 7.18. The van der Waals surface area contributed by atoms with Gasteiger partial charge in [0.05, 0.1) is 11.4 Å². The number of hydrogen-bond donors (Lipinski definition) is 0. The van der Waals surface area contributed by atoms with Crippen LogP contribution in [0, 0.1) is 6.92 Å². The Labute approximate surface area is 223 Å². The zero-order valence-corrected chi connectivity index (χ0v) is 22.6. The van der Waals surface area contributed by atoms with E-state index in [-0.39, 0.29) is 4.90 Å². The molecule has 5 atom stereocenters. The van der Waals surface area contributed by atoms with Crippen molar-refractivity contribution in [3.8, 4) is 0 Å². The summed E-state index contributed by atoms with van der Waals surface area (Å²) < 4.78 is 54.7. The molecule has 1 aliphatic heterocycles. The standard InChI is InChI=1S/C23H28N4O11S/c1-12-6-8-17(9-7-12)39(32,33)23-24-25-26-27(23)10-18-20(35-14(3)29)22(37-16(5)31)21(36-15(4)30)19(38-18)11-34-13(2)28/h6-9,18-22H,10-11H2,1-5H3/t18-,19?,20?,21-,22?/m0/s1. The number of nitrogens with zero attached hydrogens (tertiary/aromatic N) is 4. The van der Waals surface area contributed by atoms with Crippen molar-refractivity contribution in [2.45, 2.75) is 81.7 Å². The lowest BCUT2D eigenvalue weighted by Gasteiger charge is -2.44. The number of benzene rings is 1. The number of ether oxygens (including phenoxy) is 5. The molecule has 3 rings (SSSR count). The predicted molar refractivity (Wildman–Crippen MR) is 126 cm³/mol. The van der Waals surface area contributed by atoms with Crippen LogP contribution in [0.2, 0.25) is 0 Å². The predicted octanol–water partition coefficient (Wildman–Crippen LogP) is -0.0601. The number of carbonyl (C=O) groups excluding carboxylic acids is 4. The van der Waals surface area contributed by atoms with Crippen LogP contribution in [0.1, 0.15) is 33.3 Å². The maximum Gasteiger partial charge on any atom is 0.303 e. The van der Waals surface area contributed by atoms with Gasteiger partial charge in [-0.3, -0.25) is 19.2 Å². The Morgan fingerprint density at radius 1 is 0.846 bits per heavy atom. The van der Waals surface area contributed by atoms with E-state index in [1.807, 2.05) is 0 Å². The molecule has 0 spiro atoms. The van der Waals surface area contributed by atoms with Crippen LogP contribution in [0.4, 0.5) is 0 Å². The summed E-state index contributed by atoms with van der Waals surface area (Å²) in [5, 5.41) is 10.4. The van der Waals surface area contributed by atoms with Crippen LogP contribution in [0.25, 0.3) is 0 Å². The van der Waals surface area contributed by atoms with Crippen molar-refractivity contribution in [2.24, 2.45) is 0 Å². The molecular formula is C23H28N4O11S. The zero-order chi connectivity index (χ0) is 28.9. The molecule has 1 aliphatic rings. The zero-order valence-electron chi connectivity index (χ0n) is 21.8. The van der Waals surface area contributed by atoms with Crippen molar-refractivity contribution in [2.75, 3.05) is 6.61 Å². The molecule has 2 heterocycles. The first-order valence-corrected chi connectivity index (χ1v) is 13.2. The van der Waals surface area contributed by atoms with Crippen LogP contribution in [0.3, 0.4) is 0 Å². The quantitative estimate of drug-likeness (QED) is 0.288. The summed E-state index contributed by atoms with van der Waals surface area (Å²) >= 11 is 0. The van der Waals surface area contributed by atoms with Crippen LogP contribution in [-0.2, 0) is 59.2 Å². The summed E-state index contributed by atoms with van der Waals surface area (Å²) in [5.74, 6) is -3.04.